The number of rotatable bonds is 7. The number of ether oxygens (including phenoxy) is 1. The van der Waals surface area contributed by atoms with Crippen molar-refractivity contribution in [2.75, 3.05) is 12.9 Å². The molecule has 0 aliphatic heterocycles. The zero-order valence-electron chi connectivity index (χ0n) is 17.4. The molecule has 0 aliphatic rings. The van der Waals surface area contributed by atoms with Gasteiger partial charge in [-0.3, -0.25) is 19.1 Å². The highest BCUT2D eigenvalue weighted by atomic mass is 19.1. The summed E-state index contributed by atoms with van der Waals surface area (Å²) in [6.45, 7) is -0.627. The predicted octanol–water partition coefficient (Wildman–Crippen LogP) is 1.41. The van der Waals surface area contributed by atoms with Gasteiger partial charge in [0, 0.05) is 37.5 Å². The summed E-state index contributed by atoms with van der Waals surface area (Å²) in [6.07, 6.45) is 0.929. The van der Waals surface area contributed by atoms with Crippen LogP contribution >= 0.6 is 0 Å². The molecule has 9 nitrogen and oxygen atoms in total. The Labute approximate surface area is 186 Å². The number of aromatic nitrogens is 1. The molecular formula is C22H20F2N4O5. The van der Waals surface area contributed by atoms with Gasteiger partial charge in [-0.15, -0.1) is 0 Å². The molecule has 0 bridgehead atoms. The van der Waals surface area contributed by atoms with Crippen LogP contribution in [0.15, 0.2) is 53.5 Å². The summed E-state index contributed by atoms with van der Waals surface area (Å²) in [7, 11) is 1.33. The van der Waals surface area contributed by atoms with Gasteiger partial charge in [-0.2, -0.15) is 0 Å². The summed E-state index contributed by atoms with van der Waals surface area (Å²) in [5.74, 6) is 0.941. The van der Waals surface area contributed by atoms with E-state index in [1.807, 2.05) is 0 Å². The van der Waals surface area contributed by atoms with Gasteiger partial charge in [0.15, 0.2) is 11.4 Å². The molecular weight excluding hydrogens is 438 g/mol. The lowest BCUT2D eigenvalue weighted by Crippen LogP contribution is -2.35. The lowest BCUT2D eigenvalue weighted by atomic mass is 10.1. The number of hydrogen-bond acceptors (Lipinski definition) is 6. The maximum absolute atomic E-state index is 13.9. The number of carbonyl (C=O) groups excluding carboxylic acids is 2. The summed E-state index contributed by atoms with van der Waals surface area (Å²) >= 11 is 0. The minimum atomic E-state index is -1.08. The van der Waals surface area contributed by atoms with E-state index < -0.39 is 52.5 Å². The second-order valence-electron chi connectivity index (χ2n) is 6.88. The third-order valence-corrected chi connectivity index (χ3v) is 4.67. The third-order valence-electron chi connectivity index (χ3n) is 4.67. The maximum atomic E-state index is 13.9. The second-order valence-corrected chi connectivity index (χ2v) is 6.88. The molecule has 1 heterocycles. The van der Waals surface area contributed by atoms with Gasteiger partial charge in [-0.25, -0.2) is 8.78 Å². The first-order valence-electron chi connectivity index (χ1n) is 9.61. The number of nitrogens with one attached hydrogen (secondary N) is 2. The van der Waals surface area contributed by atoms with Gasteiger partial charge in [0.1, 0.15) is 29.6 Å². The highest BCUT2D eigenvalue weighted by Crippen LogP contribution is 2.22. The molecule has 0 unspecified atom stereocenters. The van der Waals surface area contributed by atoms with Gasteiger partial charge >= 0.3 is 0 Å². The fraction of sp³-hybridized carbons (Fsp3) is 0.136. The molecule has 0 saturated carbocycles. The topological polar surface area (TPSA) is 136 Å². The Balaban J connectivity index is 1.93. The number of benzene rings is 2. The SMILES string of the molecule is CNC(=O)c1c(OCc2ccccc2)c(=O)c(C(=O)NCc2c(O)cc(F)cc2F)cn1N. The first kappa shape index (κ1) is 23.3. The van der Waals surface area contributed by atoms with Crippen molar-refractivity contribution in [1.82, 2.24) is 15.3 Å². The number of nitrogen functional groups attached to an aromatic ring is 1. The number of nitrogens with zero attached hydrogens (tertiary/aromatic N) is 1. The van der Waals surface area contributed by atoms with Crippen molar-refractivity contribution in [3.63, 3.8) is 0 Å². The van der Waals surface area contributed by atoms with E-state index in [0.29, 0.717) is 17.7 Å². The van der Waals surface area contributed by atoms with Crippen LogP contribution in [-0.2, 0) is 13.2 Å². The van der Waals surface area contributed by atoms with E-state index in [9.17, 15) is 28.3 Å². The fourth-order valence-corrected chi connectivity index (χ4v) is 3.00. The summed E-state index contributed by atoms with van der Waals surface area (Å²) in [5, 5.41) is 14.3. The molecule has 3 rings (SSSR count). The summed E-state index contributed by atoms with van der Waals surface area (Å²) in [6, 6.07) is 10.0. The number of halogens is 2. The third kappa shape index (κ3) is 5.09. The first-order valence-corrected chi connectivity index (χ1v) is 9.61. The highest BCUT2D eigenvalue weighted by molar-refractivity contribution is 5.98. The number of phenolic OH excluding ortho intramolecular Hbond substituents is 1. The van der Waals surface area contributed by atoms with Crippen molar-refractivity contribution in [2.45, 2.75) is 13.2 Å². The van der Waals surface area contributed by atoms with E-state index in [2.05, 4.69) is 10.6 Å². The minimum Gasteiger partial charge on any atom is -0.507 e. The Bertz CT molecular complexity index is 1240. The van der Waals surface area contributed by atoms with Crippen LogP contribution < -0.4 is 26.6 Å². The zero-order valence-corrected chi connectivity index (χ0v) is 17.4. The summed E-state index contributed by atoms with van der Waals surface area (Å²) in [4.78, 5) is 37.9. The molecule has 0 radical (unpaired) electrons. The van der Waals surface area contributed by atoms with E-state index in [0.717, 1.165) is 10.9 Å². The molecule has 0 atom stereocenters. The van der Waals surface area contributed by atoms with Crippen molar-refractivity contribution in [1.29, 1.82) is 0 Å². The fourth-order valence-electron chi connectivity index (χ4n) is 3.00. The lowest BCUT2D eigenvalue weighted by molar-refractivity contribution is 0.0932. The van der Waals surface area contributed by atoms with E-state index in [1.54, 1.807) is 30.3 Å². The van der Waals surface area contributed by atoms with Gasteiger partial charge in [-0.05, 0) is 5.56 Å². The Kier molecular flexibility index (Phi) is 6.91. The van der Waals surface area contributed by atoms with Crippen molar-refractivity contribution in [3.05, 3.63) is 92.9 Å². The predicted molar refractivity (Wildman–Crippen MR) is 114 cm³/mol. The maximum Gasteiger partial charge on any atom is 0.273 e. The van der Waals surface area contributed by atoms with Crippen LogP contribution in [0.2, 0.25) is 0 Å². The monoisotopic (exact) mass is 458 g/mol. The number of aromatic hydroxyl groups is 1. The molecule has 0 spiro atoms. The Morgan fingerprint density at radius 3 is 2.48 bits per heavy atom. The van der Waals surface area contributed by atoms with E-state index in [4.69, 9.17) is 10.6 Å². The van der Waals surface area contributed by atoms with Crippen molar-refractivity contribution in [3.8, 4) is 11.5 Å². The lowest BCUT2D eigenvalue weighted by Gasteiger charge is -2.16. The van der Waals surface area contributed by atoms with Crippen LogP contribution in [0, 0.1) is 11.6 Å². The van der Waals surface area contributed by atoms with Crippen molar-refractivity contribution >= 4 is 11.8 Å². The van der Waals surface area contributed by atoms with Crippen LogP contribution in [0.1, 0.15) is 32.0 Å². The molecule has 33 heavy (non-hydrogen) atoms. The number of amides is 2. The molecule has 2 aromatic carbocycles. The summed E-state index contributed by atoms with van der Waals surface area (Å²) in [5.41, 5.74) is -1.40. The van der Waals surface area contributed by atoms with Crippen LogP contribution in [0.5, 0.6) is 11.5 Å². The van der Waals surface area contributed by atoms with Crippen LogP contribution in [-0.4, -0.2) is 28.6 Å². The number of carbonyl (C=O) groups is 2. The van der Waals surface area contributed by atoms with Gasteiger partial charge in [0.05, 0.1) is 0 Å². The standard InChI is InChI=1S/C22H20F2N4O5/c1-26-22(32)18-20(33-11-12-5-3-2-4-6-12)19(30)15(10-28(18)25)21(31)27-9-14-16(24)7-13(23)8-17(14)29/h2-8,10,29H,9,11,25H2,1H3,(H,26,32)(H,27,31). The highest BCUT2D eigenvalue weighted by Gasteiger charge is 2.25. The normalized spacial score (nSPS) is 10.5. The molecule has 0 fully saturated rings. The molecule has 11 heteroatoms. The number of phenols is 1. The molecule has 1 aromatic heterocycles. The number of nitrogens with two attached hydrogens (primary N) is 1. The molecule has 0 aliphatic carbocycles. The zero-order chi connectivity index (χ0) is 24.1. The Hall–Kier alpha value is -4.41. The van der Waals surface area contributed by atoms with Crippen LogP contribution in [0.25, 0.3) is 0 Å². The van der Waals surface area contributed by atoms with Gasteiger partial charge in [0.25, 0.3) is 11.8 Å². The van der Waals surface area contributed by atoms with Crippen molar-refractivity contribution < 1.29 is 28.2 Å². The van der Waals surface area contributed by atoms with E-state index >= 15 is 0 Å². The smallest absolute Gasteiger partial charge is 0.273 e. The van der Waals surface area contributed by atoms with Crippen LogP contribution in [0.3, 0.4) is 0 Å². The number of hydrogen-bond donors (Lipinski definition) is 4. The van der Waals surface area contributed by atoms with E-state index in [-0.39, 0.29) is 17.9 Å². The van der Waals surface area contributed by atoms with E-state index in [1.165, 1.54) is 7.05 Å². The Morgan fingerprint density at radius 2 is 1.85 bits per heavy atom. The van der Waals surface area contributed by atoms with Gasteiger partial charge in [0.2, 0.25) is 5.43 Å². The average Bonchev–Trinajstić information content (AvgIpc) is 2.78. The van der Waals surface area contributed by atoms with Crippen molar-refractivity contribution in [2.24, 2.45) is 0 Å². The minimum absolute atomic E-state index is 0.0835. The summed E-state index contributed by atoms with van der Waals surface area (Å²) < 4.78 is 33.4. The first-order chi connectivity index (χ1) is 15.7. The Morgan fingerprint density at radius 1 is 1.15 bits per heavy atom. The van der Waals surface area contributed by atoms with Crippen LogP contribution in [0.4, 0.5) is 8.78 Å². The molecule has 3 aromatic rings. The molecule has 0 saturated heterocycles. The second kappa shape index (κ2) is 9.81. The van der Waals surface area contributed by atoms with Gasteiger partial charge < -0.3 is 26.3 Å². The quantitative estimate of drug-likeness (QED) is 0.396. The largest absolute Gasteiger partial charge is 0.507 e. The number of pyridine rings is 1. The molecule has 172 valence electrons. The van der Waals surface area contributed by atoms with Gasteiger partial charge in [-0.1, -0.05) is 30.3 Å². The molecule has 5 N–H and O–H groups in total. The average molecular weight is 458 g/mol. The molecule has 2 amide bonds.